The van der Waals surface area contributed by atoms with Gasteiger partial charge in [0.15, 0.2) is 0 Å². The summed E-state index contributed by atoms with van der Waals surface area (Å²) in [5.74, 6) is -0.364. The summed E-state index contributed by atoms with van der Waals surface area (Å²) in [6, 6.07) is 20.4. The summed E-state index contributed by atoms with van der Waals surface area (Å²) in [5, 5.41) is 16.7. The summed E-state index contributed by atoms with van der Waals surface area (Å²) in [6.45, 7) is 10.4. The van der Waals surface area contributed by atoms with Crippen LogP contribution >= 0.6 is 11.6 Å². The lowest BCUT2D eigenvalue weighted by molar-refractivity contribution is -0.384. The molecule has 0 atom stereocenters. The van der Waals surface area contributed by atoms with Gasteiger partial charge < -0.3 is 24.7 Å². The van der Waals surface area contributed by atoms with Crippen LogP contribution in [-0.4, -0.2) is 86.6 Å². The number of benzene rings is 3. The molecule has 5 aromatic rings. The van der Waals surface area contributed by atoms with E-state index in [-0.39, 0.29) is 34.2 Å². The first-order chi connectivity index (χ1) is 29.3. The van der Waals surface area contributed by atoms with E-state index in [0.29, 0.717) is 19.8 Å². The maximum atomic E-state index is 13.9. The number of aromatic nitrogens is 2. The quantitative estimate of drug-likeness (QED) is 0.0764. The second kappa shape index (κ2) is 17.9. The number of hydrogen-bond acceptors (Lipinski definition) is 11. The van der Waals surface area contributed by atoms with Crippen LogP contribution in [0.1, 0.15) is 61.9 Å². The number of nitro groups is 1. The molecule has 4 heterocycles. The second-order valence-corrected chi connectivity index (χ2v) is 19.0. The van der Waals surface area contributed by atoms with Crippen LogP contribution in [0.4, 0.5) is 17.1 Å². The number of amides is 1. The monoisotopic (exact) mass is 867 g/mol. The Morgan fingerprint density at radius 3 is 2.56 bits per heavy atom. The fourth-order valence-corrected chi connectivity index (χ4v) is 9.51. The van der Waals surface area contributed by atoms with E-state index in [1.807, 2.05) is 18.2 Å². The number of nitrogens with zero attached hydrogens (tertiary/aromatic N) is 4. The molecule has 3 aromatic carbocycles. The fraction of sp³-hybridized carbons (Fsp3) is 0.378. The number of pyridine rings is 1. The summed E-state index contributed by atoms with van der Waals surface area (Å²) in [7, 11) is -4.56. The van der Waals surface area contributed by atoms with E-state index in [1.165, 1.54) is 34.9 Å². The predicted molar refractivity (Wildman–Crippen MR) is 237 cm³/mol. The Bertz CT molecular complexity index is 2560. The third kappa shape index (κ3) is 10.0. The highest BCUT2D eigenvalue weighted by Crippen LogP contribution is 2.43. The zero-order chi connectivity index (χ0) is 42.7. The maximum Gasteiger partial charge on any atom is 0.293 e. The lowest BCUT2D eigenvalue weighted by Crippen LogP contribution is -2.47. The lowest BCUT2D eigenvalue weighted by atomic mass is 9.72. The van der Waals surface area contributed by atoms with Crippen LogP contribution in [0.25, 0.3) is 16.5 Å². The number of fused-ring (bicyclic) bond motifs is 1. The van der Waals surface area contributed by atoms with Crippen LogP contribution in [-0.2, 0) is 14.8 Å². The van der Waals surface area contributed by atoms with Gasteiger partial charge in [-0.2, -0.15) is 0 Å². The minimum atomic E-state index is -4.56. The molecule has 3 aliphatic rings. The Kier molecular flexibility index (Phi) is 12.4. The fourth-order valence-electron chi connectivity index (χ4n) is 8.40. The zero-order valence-corrected chi connectivity index (χ0v) is 35.9. The normalized spacial score (nSPS) is 17.7. The highest BCUT2D eigenvalue weighted by molar-refractivity contribution is 7.90. The number of nitrogens with one attached hydrogen (secondary N) is 3. The molecule has 320 valence electrons. The molecule has 0 bridgehead atoms. The van der Waals surface area contributed by atoms with Crippen LogP contribution < -0.4 is 19.7 Å². The molecule has 2 aliphatic heterocycles. The number of hydrogen-bond donors (Lipinski definition) is 3. The van der Waals surface area contributed by atoms with Crippen molar-refractivity contribution in [2.75, 3.05) is 62.7 Å². The first-order valence-corrected chi connectivity index (χ1v) is 22.5. The average Bonchev–Trinajstić information content (AvgIpc) is 3.72. The van der Waals surface area contributed by atoms with Crippen molar-refractivity contribution in [1.82, 2.24) is 19.6 Å². The van der Waals surface area contributed by atoms with Crippen molar-refractivity contribution in [3.8, 4) is 11.6 Å². The molecular formula is C45H50ClN7O7S. The van der Waals surface area contributed by atoms with Crippen molar-refractivity contribution in [3.05, 3.63) is 117 Å². The van der Waals surface area contributed by atoms with Gasteiger partial charge in [-0.1, -0.05) is 43.2 Å². The van der Waals surface area contributed by atoms with Gasteiger partial charge in [0.1, 0.15) is 11.4 Å². The molecule has 16 heteroatoms. The van der Waals surface area contributed by atoms with Crippen molar-refractivity contribution in [2.24, 2.45) is 11.3 Å². The van der Waals surface area contributed by atoms with Crippen molar-refractivity contribution in [2.45, 2.75) is 50.8 Å². The number of halogens is 1. The van der Waals surface area contributed by atoms with Gasteiger partial charge in [-0.25, -0.2) is 18.1 Å². The van der Waals surface area contributed by atoms with Crippen LogP contribution in [0.3, 0.4) is 0 Å². The van der Waals surface area contributed by atoms with Crippen LogP contribution in [0, 0.1) is 21.4 Å². The molecule has 2 aromatic heterocycles. The number of sulfonamides is 1. The molecule has 3 N–H and O–H groups in total. The van der Waals surface area contributed by atoms with Gasteiger partial charge in [-0.15, -0.1) is 0 Å². The molecular weight excluding hydrogens is 818 g/mol. The van der Waals surface area contributed by atoms with Gasteiger partial charge >= 0.3 is 0 Å². The lowest BCUT2D eigenvalue weighted by Gasteiger charge is -2.39. The molecule has 0 saturated carbocycles. The van der Waals surface area contributed by atoms with Gasteiger partial charge in [0.05, 0.1) is 27.1 Å². The first-order valence-electron chi connectivity index (χ1n) is 20.7. The summed E-state index contributed by atoms with van der Waals surface area (Å²) in [4.78, 5) is 37.1. The van der Waals surface area contributed by atoms with Gasteiger partial charge in [0.25, 0.3) is 21.6 Å². The number of carbonyl (C=O) groups excluding carboxylic acids is 1. The number of piperazine rings is 1. The van der Waals surface area contributed by atoms with E-state index in [9.17, 15) is 23.3 Å². The molecule has 0 spiro atoms. The van der Waals surface area contributed by atoms with Crippen molar-refractivity contribution in [1.29, 1.82) is 0 Å². The van der Waals surface area contributed by atoms with Crippen molar-refractivity contribution in [3.63, 3.8) is 0 Å². The second-order valence-electron chi connectivity index (χ2n) is 16.9. The van der Waals surface area contributed by atoms with Crippen molar-refractivity contribution < 1.29 is 27.6 Å². The minimum Gasteiger partial charge on any atom is -0.438 e. The number of carbonyl (C=O) groups is 1. The summed E-state index contributed by atoms with van der Waals surface area (Å²) in [5.41, 5.74) is 5.67. The number of anilines is 2. The Morgan fingerprint density at radius 2 is 1.80 bits per heavy atom. The predicted octanol–water partition coefficient (Wildman–Crippen LogP) is 8.66. The smallest absolute Gasteiger partial charge is 0.293 e. The van der Waals surface area contributed by atoms with E-state index in [2.05, 4.69) is 55.8 Å². The number of allylic oxidation sites excluding steroid dienone is 1. The topological polar surface area (TPSA) is 172 Å². The number of rotatable bonds is 13. The van der Waals surface area contributed by atoms with Gasteiger partial charge in [0, 0.05) is 93.0 Å². The Labute approximate surface area is 360 Å². The Morgan fingerprint density at radius 1 is 1.03 bits per heavy atom. The number of nitro benzene ring substituents is 1. The highest BCUT2D eigenvalue weighted by Gasteiger charge is 2.31. The van der Waals surface area contributed by atoms with E-state index < -0.39 is 31.4 Å². The zero-order valence-electron chi connectivity index (χ0n) is 34.3. The molecule has 61 heavy (non-hydrogen) atoms. The number of H-pyrrole nitrogens is 1. The van der Waals surface area contributed by atoms with Gasteiger partial charge in [-0.05, 0) is 97.0 Å². The van der Waals surface area contributed by atoms with Gasteiger partial charge in [0.2, 0.25) is 5.88 Å². The largest absolute Gasteiger partial charge is 0.438 e. The van der Waals surface area contributed by atoms with E-state index >= 15 is 0 Å². The highest BCUT2D eigenvalue weighted by atomic mass is 35.5. The molecule has 14 nitrogen and oxygen atoms in total. The molecule has 0 unspecified atom stereocenters. The number of aromatic amines is 1. The third-order valence-electron chi connectivity index (χ3n) is 12.0. The first kappa shape index (κ1) is 42.2. The van der Waals surface area contributed by atoms with E-state index in [1.54, 1.807) is 30.6 Å². The number of ether oxygens (including phenoxy) is 2. The summed E-state index contributed by atoms with van der Waals surface area (Å²) in [6.07, 6.45) is 8.24. The van der Waals surface area contributed by atoms with Crippen LogP contribution in [0.15, 0.2) is 95.7 Å². The SMILES string of the molecule is CC1(C)CCC(CN2CCN(c3ccc(C(=O)NS(=O)(=O)c4ccc(NCC5CCOCC5)c([N+](=O)[O-])c4)c(Oc4cc5cc[nH]c5cn4)c3)CC2)=C(c2ccc(Cl)cc2)C1. The van der Waals surface area contributed by atoms with Crippen LogP contribution in [0.2, 0.25) is 5.02 Å². The third-order valence-corrected chi connectivity index (χ3v) is 13.6. The molecule has 1 amide bonds. The standard InChI is InChI=1S/C45H50ClN7O7S/c1-45(2)15-11-33(38(26-45)31-3-5-34(46)6-4-31)29-51-17-19-52(20-18-51)35-7-9-37(42(24-35)60-43-23-32-12-16-47-40(32)28-49-43)44(54)50-61(57,58)36-8-10-39(41(25-36)53(55)56)48-27-30-13-21-59-22-14-30/h3-10,12,16,23-25,28,30,47-48H,11,13-15,17-22,26-27,29H2,1-2H3,(H,50,54). The Hall–Kier alpha value is -5.48. The minimum absolute atomic E-state index is 0.0481. The van der Waals surface area contributed by atoms with Crippen molar-refractivity contribution >= 4 is 61.1 Å². The molecule has 2 saturated heterocycles. The summed E-state index contributed by atoms with van der Waals surface area (Å²) < 4.78 is 41.1. The van der Waals surface area contributed by atoms with E-state index in [4.69, 9.17) is 21.1 Å². The summed E-state index contributed by atoms with van der Waals surface area (Å²) >= 11 is 6.24. The Balaban J connectivity index is 1.00. The van der Waals surface area contributed by atoms with E-state index in [0.717, 1.165) is 92.5 Å². The van der Waals surface area contributed by atoms with Crippen LogP contribution in [0.5, 0.6) is 11.6 Å². The van der Waals surface area contributed by atoms with Gasteiger partial charge in [-0.3, -0.25) is 19.8 Å². The molecule has 0 radical (unpaired) electrons. The maximum absolute atomic E-state index is 13.9. The average molecular weight is 868 g/mol. The molecule has 1 aliphatic carbocycles. The molecule has 2 fully saturated rings. The molecule has 8 rings (SSSR count).